The van der Waals surface area contributed by atoms with E-state index in [0.717, 1.165) is 42.0 Å². The van der Waals surface area contributed by atoms with Crippen LogP contribution in [0, 0.1) is 6.92 Å². The molecule has 1 aromatic carbocycles. The zero-order valence-electron chi connectivity index (χ0n) is 14.0. The zero-order chi connectivity index (χ0) is 16.9. The second kappa shape index (κ2) is 9.08. The fourth-order valence-corrected chi connectivity index (χ4v) is 2.95. The third-order valence-electron chi connectivity index (χ3n) is 4.02. The Morgan fingerprint density at radius 1 is 1.44 bits per heavy atom. The molecule has 136 valence electrons. The summed E-state index contributed by atoms with van der Waals surface area (Å²) in [5, 5.41) is 13.9. The van der Waals surface area contributed by atoms with Crippen LogP contribution in [0.25, 0.3) is 0 Å². The number of carbonyl (C=O) groups excluding carboxylic acids is 1. The zero-order valence-corrected chi connectivity index (χ0v) is 15.6. The Hall–Kier alpha value is -1.76. The van der Waals surface area contributed by atoms with Crippen molar-refractivity contribution in [2.75, 3.05) is 19.7 Å². The lowest BCUT2D eigenvalue weighted by Gasteiger charge is -2.13. The number of ether oxygens (including phenoxy) is 1. The molecule has 2 aromatic rings. The largest absolute Gasteiger partial charge is 0.493 e. The number of fused-ring (bicyclic) bond motifs is 1. The number of benzene rings is 1. The van der Waals surface area contributed by atoms with Crippen LogP contribution in [-0.2, 0) is 13.0 Å². The predicted molar refractivity (Wildman–Crippen MR) is 99.9 cm³/mol. The highest BCUT2D eigenvalue weighted by Crippen LogP contribution is 2.21. The van der Waals surface area contributed by atoms with Gasteiger partial charge in [0, 0.05) is 42.3 Å². The molecule has 3 rings (SSSR count). The lowest BCUT2D eigenvalue weighted by atomic mass is 10.1. The number of nitrogens with one attached hydrogen (secondary N) is 3. The first-order chi connectivity index (χ1) is 11.6. The van der Waals surface area contributed by atoms with Gasteiger partial charge >= 0.3 is 0 Å². The van der Waals surface area contributed by atoms with Crippen LogP contribution in [0.4, 0.5) is 0 Å². The molecule has 0 atom stereocenters. The molecule has 8 heteroatoms. The van der Waals surface area contributed by atoms with E-state index in [2.05, 4.69) is 20.8 Å². The van der Waals surface area contributed by atoms with Crippen molar-refractivity contribution >= 4 is 29.9 Å². The molecular formula is C17H22Cl2N4O2. The third-order valence-corrected chi connectivity index (χ3v) is 4.26. The van der Waals surface area contributed by atoms with Gasteiger partial charge in [0.25, 0.3) is 5.91 Å². The molecule has 0 fully saturated rings. The Bertz CT molecular complexity index is 733. The molecule has 1 aliphatic rings. The second-order valence-corrected chi connectivity index (χ2v) is 6.26. The highest BCUT2D eigenvalue weighted by atomic mass is 35.5. The normalized spacial score (nSPS) is 12.9. The molecule has 0 radical (unpaired) electrons. The van der Waals surface area contributed by atoms with E-state index < -0.39 is 0 Å². The monoisotopic (exact) mass is 384 g/mol. The predicted octanol–water partition coefficient (Wildman–Crippen LogP) is 2.64. The van der Waals surface area contributed by atoms with Crippen LogP contribution in [0.1, 0.15) is 33.7 Å². The maximum Gasteiger partial charge on any atom is 0.272 e. The Morgan fingerprint density at radius 3 is 3.08 bits per heavy atom. The van der Waals surface area contributed by atoms with E-state index in [9.17, 15) is 4.79 Å². The lowest BCUT2D eigenvalue weighted by Crippen LogP contribution is -2.29. The summed E-state index contributed by atoms with van der Waals surface area (Å²) < 4.78 is 5.71. The SMILES string of the molecule is Cc1cc(Cl)ccc1OCCCNC(=O)c1n[nH]c2c1CNCC2.Cl. The van der Waals surface area contributed by atoms with Gasteiger partial charge in [0.05, 0.1) is 6.61 Å². The summed E-state index contributed by atoms with van der Waals surface area (Å²) in [6.07, 6.45) is 1.60. The number of hydrogen-bond donors (Lipinski definition) is 3. The molecule has 0 aliphatic carbocycles. The molecule has 0 spiro atoms. The molecule has 1 amide bonds. The average Bonchev–Trinajstić information content (AvgIpc) is 3.00. The molecule has 1 aliphatic heterocycles. The van der Waals surface area contributed by atoms with E-state index in [1.54, 1.807) is 6.07 Å². The topological polar surface area (TPSA) is 79.0 Å². The van der Waals surface area contributed by atoms with Gasteiger partial charge in [0.15, 0.2) is 5.69 Å². The lowest BCUT2D eigenvalue weighted by molar-refractivity contribution is 0.0945. The molecule has 0 unspecified atom stereocenters. The number of H-pyrrole nitrogens is 1. The number of aryl methyl sites for hydroxylation is 1. The number of nitrogens with zero attached hydrogens (tertiary/aromatic N) is 1. The van der Waals surface area contributed by atoms with Gasteiger partial charge in [-0.25, -0.2) is 0 Å². The molecule has 0 saturated carbocycles. The summed E-state index contributed by atoms with van der Waals surface area (Å²) in [4.78, 5) is 12.2. The minimum absolute atomic E-state index is 0. The molecule has 0 saturated heterocycles. The summed E-state index contributed by atoms with van der Waals surface area (Å²) in [7, 11) is 0. The molecule has 0 bridgehead atoms. The standard InChI is InChI=1S/C17H21ClN4O2.ClH/c1-11-9-12(18)3-4-15(11)24-8-2-6-20-17(23)16-13-10-19-7-5-14(13)21-22-16;/h3-4,9,19H,2,5-8,10H2,1H3,(H,20,23)(H,21,22);1H. The van der Waals surface area contributed by atoms with Gasteiger partial charge in [0.1, 0.15) is 5.75 Å². The van der Waals surface area contributed by atoms with Crippen molar-refractivity contribution in [3.05, 3.63) is 45.7 Å². The minimum atomic E-state index is -0.140. The number of aromatic nitrogens is 2. The van der Waals surface area contributed by atoms with E-state index in [1.165, 1.54) is 0 Å². The van der Waals surface area contributed by atoms with Gasteiger partial charge in [-0.05, 0) is 37.1 Å². The van der Waals surface area contributed by atoms with Crippen LogP contribution in [0.3, 0.4) is 0 Å². The quantitative estimate of drug-likeness (QED) is 0.668. The number of halogens is 2. The Labute approximate surface area is 158 Å². The van der Waals surface area contributed by atoms with Crippen molar-refractivity contribution in [1.29, 1.82) is 0 Å². The minimum Gasteiger partial charge on any atom is -0.493 e. The first kappa shape index (κ1) is 19.6. The van der Waals surface area contributed by atoms with Gasteiger partial charge in [0.2, 0.25) is 0 Å². The van der Waals surface area contributed by atoms with Crippen molar-refractivity contribution < 1.29 is 9.53 Å². The molecule has 1 aromatic heterocycles. The Morgan fingerprint density at radius 2 is 2.28 bits per heavy atom. The van der Waals surface area contributed by atoms with Gasteiger partial charge in [-0.2, -0.15) is 5.10 Å². The van der Waals surface area contributed by atoms with Crippen molar-refractivity contribution in [2.45, 2.75) is 26.3 Å². The summed E-state index contributed by atoms with van der Waals surface area (Å²) in [6, 6.07) is 5.53. The van der Waals surface area contributed by atoms with Gasteiger partial charge in [-0.1, -0.05) is 11.6 Å². The third kappa shape index (κ3) is 4.87. The molecule has 6 nitrogen and oxygen atoms in total. The summed E-state index contributed by atoms with van der Waals surface area (Å²) in [6.45, 7) is 4.63. The molecule has 2 heterocycles. The van der Waals surface area contributed by atoms with Crippen LogP contribution in [0.5, 0.6) is 5.75 Å². The molecular weight excluding hydrogens is 363 g/mol. The highest BCUT2D eigenvalue weighted by Gasteiger charge is 2.20. The van der Waals surface area contributed by atoms with Crippen LogP contribution < -0.4 is 15.4 Å². The van der Waals surface area contributed by atoms with Crippen LogP contribution in [0.2, 0.25) is 5.02 Å². The van der Waals surface area contributed by atoms with Crippen molar-refractivity contribution in [2.24, 2.45) is 0 Å². The maximum absolute atomic E-state index is 12.2. The first-order valence-corrected chi connectivity index (χ1v) is 8.47. The number of carbonyl (C=O) groups is 1. The Balaban J connectivity index is 0.00000225. The number of rotatable bonds is 6. The number of aromatic amines is 1. The van der Waals surface area contributed by atoms with Crippen molar-refractivity contribution in [3.8, 4) is 5.75 Å². The second-order valence-electron chi connectivity index (χ2n) is 5.82. The van der Waals surface area contributed by atoms with Crippen LogP contribution in [-0.4, -0.2) is 35.8 Å². The van der Waals surface area contributed by atoms with E-state index in [1.807, 2.05) is 19.1 Å². The summed E-state index contributed by atoms with van der Waals surface area (Å²) in [5.74, 6) is 0.678. The fraction of sp³-hybridized carbons (Fsp3) is 0.412. The maximum atomic E-state index is 12.2. The van der Waals surface area contributed by atoms with Crippen molar-refractivity contribution in [1.82, 2.24) is 20.8 Å². The van der Waals surface area contributed by atoms with Gasteiger partial charge < -0.3 is 15.4 Å². The molecule has 25 heavy (non-hydrogen) atoms. The van der Waals surface area contributed by atoms with Gasteiger partial charge in [-0.3, -0.25) is 9.89 Å². The van der Waals surface area contributed by atoms with Crippen molar-refractivity contribution in [3.63, 3.8) is 0 Å². The summed E-state index contributed by atoms with van der Waals surface area (Å²) >= 11 is 5.92. The van der Waals surface area contributed by atoms with E-state index in [4.69, 9.17) is 16.3 Å². The molecule has 3 N–H and O–H groups in total. The van der Waals surface area contributed by atoms with E-state index >= 15 is 0 Å². The average molecular weight is 385 g/mol. The van der Waals surface area contributed by atoms with E-state index in [-0.39, 0.29) is 18.3 Å². The first-order valence-electron chi connectivity index (χ1n) is 8.09. The highest BCUT2D eigenvalue weighted by molar-refractivity contribution is 6.30. The Kier molecular flexibility index (Phi) is 7.11. The summed E-state index contributed by atoms with van der Waals surface area (Å²) in [5.41, 5.74) is 3.53. The fourth-order valence-electron chi connectivity index (χ4n) is 2.73. The smallest absolute Gasteiger partial charge is 0.272 e. The van der Waals surface area contributed by atoms with Gasteiger partial charge in [-0.15, -0.1) is 12.4 Å². The number of hydrogen-bond acceptors (Lipinski definition) is 4. The van der Waals surface area contributed by atoms with E-state index in [0.29, 0.717) is 30.4 Å². The number of amides is 1. The van der Waals surface area contributed by atoms with Crippen LogP contribution >= 0.6 is 24.0 Å². The van der Waals surface area contributed by atoms with Crippen LogP contribution in [0.15, 0.2) is 18.2 Å².